The largest absolute Gasteiger partial charge is 0.350 e. The van der Waals surface area contributed by atoms with Crippen molar-refractivity contribution in [3.63, 3.8) is 0 Å². The molecule has 3 N–H and O–H groups in total. The van der Waals surface area contributed by atoms with Crippen molar-refractivity contribution in [1.29, 1.82) is 0 Å². The summed E-state index contributed by atoms with van der Waals surface area (Å²) < 4.78 is 1.71. The van der Waals surface area contributed by atoms with Crippen molar-refractivity contribution >= 4 is 5.91 Å². The lowest BCUT2D eigenvalue weighted by Gasteiger charge is -2.17. The summed E-state index contributed by atoms with van der Waals surface area (Å²) in [4.78, 5) is 11.8. The highest BCUT2D eigenvalue weighted by Gasteiger charge is 2.20. The summed E-state index contributed by atoms with van der Waals surface area (Å²) in [6.07, 6.45) is 1.85. The Morgan fingerprint density at radius 3 is 2.75 bits per heavy atom. The van der Waals surface area contributed by atoms with Crippen LogP contribution in [0.3, 0.4) is 0 Å². The van der Waals surface area contributed by atoms with Crippen LogP contribution >= 0.6 is 0 Å². The molecule has 1 aromatic heterocycles. The number of carbonyl (C=O) groups excluding carboxylic acids is 1. The number of aryl methyl sites for hydroxylation is 1. The van der Waals surface area contributed by atoms with Crippen molar-refractivity contribution in [3.05, 3.63) is 18.0 Å². The predicted octanol–water partition coefficient (Wildman–Crippen LogP) is 0.267. The normalized spacial score (nSPS) is 12.8. The molecule has 1 rings (SSSR count). The molecule has 1 amide bonds. The highest BCUT2D eigenvalue weighted by Crippen LogP contribution is 2.09. The summed E-state index contributed by atoms with van der Waals surface area (Å²) in [5.41, 5.74) is 6.42. The Balaban J connectivity index is 2.45. The number of nitrogens with one attached hydrogen (secondary N) is 1. The van der Waals surface area contributed by atoms with Gasteiger partial charge in [0.2, 0.25) is 5.91 Å². The minimum atomic E-state index is -0.122. The van der Waals surface area contributed by atoms with Crippen LogP contribution < -0.4 is 11.1 Å². The van der Waals surface area contributed by atoms with Crippen molar-refractivity contribution in [2.75, 3.05) is 6.54 Å². The van der Waals surface area contributed by atoms with Gasteiger partial charge in [-0.2, -0.15) is 5.10 Å². The quantitative estimate of drug-likeness (QED) is 0.754. The summed E-state index contributed by atoms with van der Waals surface area (Å²) in [6.45, 7) is 4.84. The maximum atomic E-state index is 11.8. The number of amides is 1. The number of carbonyl (C=O) groups is 1. The van der Waals surface area contributed by atoms with Crippen molar-refractivity contribution in [3.8, 4) is 0 Å². The van der Waals surface area contributed by atoms with Crippen molar-refractivity contribution < 1.29 is 4.79 Å². The molecule has 1 heterocycles. The molecule has 5 nitrogen and oxygen atoms in total. The van der Waals surface area contributed by atoms with Gasteiger partial charge >= 0.3 is 0 Å². The number of nitrogens with two attached hydrogens (primary N) is 1. The van der Waals surface area contributed by atoms with Crippen molar-refractivity contribution in [1.82, 2.24) is 15.1 Å². The zero-order valence-corrected chi connectivity index (χ0v) is 10.1. The molecule has 1 aromatic rings. The van der Waals surface area contributed by atoms with Gasteiger partial charge in [-0.3, -0.25) is 9.48 Å². The molecule has 0 saturated carbocycles. The maximum absolute atomic E-state index is 11.8. The van der Waals surface area contributed by atoms with E-state index in [4.69, 9.17) is 5.73 Å². The first-order valence-electron chi connectivity index (χ1n) is 5.51. The molecular formula is C11H20N4O. The lowest BCUT2D eigenvalue weighted by atomic mass is 9.95. The number of aromatic nitrogens is 2. The van der Waals surface area contributed by atoms with E-state index in [1.54, 1.807) is 4.68 Å². The Morgan fingerprint density at radius 1 is 1.62 bits per heavy atom. The van der Waals surface area contributed by atoms with Gasteiger partial charge < -0.3 is 11.1 Å². The zero-order valence-electron chi connectivity index (χ0n) is 10.1. The molecule has 0 aliphatic carbocycles. The molecule has 0 bridgehead atoms. The number of nitrogens with zero attached hydrogens (tertiary/aromatic N) is 2. The lowest BCUT2D eigenvalue weighted by molar-refractivity contribution is -0.126. The van der Waals surface area contributed by atoms with E-state index in [1.807, 2.05) is 33.2 Å². The number of hydrogen-bond acceptors (Lipinski definition) is 3. The highest BCUT2D eigenvalue weighted by atomic mass is 16.1. The lowest BCUT2D eigenvalue weighted by Crippen LogP contribution is -2.37. The second kappa shape index (κ2) is 5.65. The SMILES string of the molecule is CC(C)C(CN)C(=O)NCc1ccn(C)n1. The molecule has 0 spiro atoms. The highest BCUT2D eigenvalue weighted by molar-refractivity contribution is 5.79. The van der Waals surface area contributed by atoms with E-state index < -0.39 is 0 Å². The first kappa shape index (κ1) is 12.7. The molecule has 0 fully saturated rings. The molecule has 1 unspecified atom stereocenters. The minimum absolute atomic E-state index is 0.00292. The van der Waals surface area contributed by atoms with E-state index in [0.717, 1.165) is 5.69 Å². The zero-order chi connectivity index (χ0) is 12.1. The van der Waals surface area contributed by atoms with Gasteiger partial charge in [-0.05, 0) is 12.0 Å². The predicted molar refractivity (Wildman–Crippen MR) is 62.4 cm³/mol. The van der Waals surface area contributed by atoms with Gasteiger partial charge in [-0.15, -0.1) is 0 Å². The summed E-state index contributed by atoms with van der Waals surface area (Å²) in [7, 11) is 1.85. The van der Waals surface area contributed by atoms with Gasteiger partial charge in [0.1, 0.15) is 0 Å². The van der Waals surface area contributed by atoms with Crippen LogP contribution in [0.4, 0.5) is 0 Å². The molecule has 16 heavy (non-hydrogen) atoms. The van der Waals surface area contributed by atoms with Crippen molar-refractivity contribution in [2.24, 2.45) is 24.6 Å². The summed E-state index contributed by atoms with van der Waals surface area (Å²) >= 11 is 0. The van der Waals surface area contributed by atoms with Crippen LogP contribution in [0, 0.1) is 11.8 Å². The molecule has 5 heteroatoms. The molecule has 0 aliphatic heterocycles. The van der Waals surface area contributed by atoms with Crippen LogP contribution in [-0.2, 0) is 18.4 Å². The Kier molecular flexibility index (Phi) is 4.49. The third-order valence-electron chi connectivity index (χ3n) is 2.61. The van der Waals surface area contributed by atoms with E-state index in [0.29, 0.717) is 13.1 Å². The van der Waals surface area contributed by atoms with Gasteiger partial charge in [0.15, 0.2) is 0 Å². The summed E-state index contributed by atoms with van der Waals surface area (Å²) in [5, 5.41) is 7.03. The third kappa shape index (κ3) is 3.34. The maximum Gasteiger partial charge on any atom is 0.224 e. The number of hydrogen-bond donors (Lipinski definition) is 2. The summed E-state index contributed by atoms with van der Waals surface area (Å²) in [5.74, 6) is 0.139. The fourth-order valence-corrected chi connectivity index (χ4v) is 1.55. The van der Waals surface area contributed by atoms with E-state index in [1.165, 1.54) is 0 Å². The van der Waals surface area contributed by atoms with Crippen LogP contribution in [0.15, 0.2) is 12.3 Å². The fraction of sp³-hybridized carbons (Fsp3) is 0.636. The molecule has 0 aromatic carbocycles. The second-order valence-corrected chi connectivity index (χ2v) is 4.28. The van der Waals surface area contributed by atoms with Crippen molar-refractivity contribution in [2.45, 2.75) is 20.4 Å². The van der Waals surface area contributed by atoms with Crippen LogP contribution in [0.1, 0.15) is 19.5 Å². The van der Waals surface area contributed by atoms with E-state index >= 15 is 0 Å². The third-order valence-corrected chi connectivity index (χ3v) is 2.61. The molecule has 90 valence electrons. The van der Waals surface area contributed by atoms with Crippen LogP contribution in [0.25, 0.3) is 0 Å². The van der Waals surface area contributed by atoms with Crippen LogP contribution in [0.2, 0.25) is 0 Å². The van der Waals surface area contributed by atoms with E-state index in [9.17, 15) is 4.79 Å². The van der Waals surface area contributed by atoms with Gasteiger partial charge in [0.05, 0.1) is 18.2 Å². The fourth-order valence-electron chi connectivity index (χ4n) is 1.55. The van der Waals surface area contributed by atoms with Gasteiger partial charge in [-0.1, -0.05) is 13.8 Å². The first-order valence-corrected chi connectivity index (χ1v) is 5.51. The standard InChI is InChI=1S/C11H20N4O/c1-8(2)10(6-12)11(16)13-7-9-4-5-15(3)14-9/h4-5,8,10H,6-7,12H2,1-3H3,(H,13,16). The molecule has 1 atom stereocenters. The minimum Gasteiger partial charge on any atom is -0.350 e. The first-order chi connectivity index (χ1) is 7.54. The Hall–Kier alpha value is -1.36. The van der Waals surface area contributed by atoms with Crippen LogP contribution in [0.5, 0.6) is 0 Å². The van der Waals surface area contributed by atoms with E-state index in [-0.39, 0.29) is 17.7 Å². The average molecular weight is 224 g/mol. The molecule has 0 aliphatic rings. The molecular weight excluding hydrogens is 204 g/mol. The molecule has 0 saturated heterocycles. The Morgan fingerprint density at radius 2 is 2.31 bits per heavy atom. The van der Waals surface area contributed by atoms with Gasteiger partial charge in [0, 0.05) is 19.8 Å². The number of rotatable bonds is 5. The second-order valence-electron chi connectivity index (χ2n) is 4.28. The topological polar surface area (TPSA) is 72.9 Å². The summed E-state index contributed by atoms with van der Waals surface area (Å²) in [6, 6.07) is 1.88. The monoisotopic (exact) mass is 224 g/mol. The average Bonchev–Trinajstić information content (AvgIpc) is 2.62. The van der Waals surface area contributed by atoms with Gasteiger partial charge in [0.25, 0.3) is 0 Å². The smallest absolute Gasteiger partial charge is 0.224 e. The Bertz CT molecular complexity index is 346. The Labute approximate surface area is 96.0 Å². The van der Waals surface area contributed by atoms with Crippen LogP contribution in [-0.4, -0.2) is 22.2 Å². The van der Waals surface area contributed by atoms with E-state index in [2.05, 4.69) is 10.4 Å². The molecule has 0 radical (unpaired) electrons. The van der Waals surface area contributed by atoms with Gasteiger partial charge in [-0.25, -0.2) is 0 Å².